The normalized spacial score (nSPS) is 44.7. The third-order valence-electron chi connectivity index (χ3n) is 6.34. The first-order valence-corrected chi connectivity index (χ1v) is 8.23. The van der Waals surface area contributed by atoms with Gasteiger partial charge in [-0.2, -0.15) is 0 Å². The highest BCUT2D eigenvalue weighted by Gasteiger charge is 2.47. The lowest BCUT2D eigenvalue weighted by atomic mass is 9.52. The number of nitrogens with zero attached hydrogens (tertiary/aromatic N) is 2. The molecule has 0 heterocycles. The molecule has 5 aliphatic rings. The predicted molar refractivity (Wildman–Crippen MR) is 77.8 cm³/mol. The van der Waals surface area contributed by atoms with Crippen LogP contribution in [0.4, 0.5) is 0 Å². The molecule has 0 unspecified atom stereocenters. The molecule has 0 saturated heterocycles. The van der Waals surface area contributed by atoms with Gasteiger partial charge in [0.2, 0.25) is 0 Å². The van der Waals surface area contributed by atoms with Crippen molar-refractivity contribution < 1.29 is 0 Å². The minimum Gasteiger partial charge on any atom is -0.370 e. The van der Waals surface area contributed by atoms with E-state index in [0.717, 1.165) is 42.1 Å². The zero-order valence-corrected chi connectivity index (χ0v) is 12.1. The Balaban J connectivity index is 1.41. The molecule has 5 rings (SSSR count). The van der Waals surface area contributed by atoms with Crippen LogP contribution in [0.25, 0.3) is 0 Å². The quantitative estimate of drug-likeness (QED) is 0.626. The van der Waals surface area contributed by atoms with E-state index in [2.05, 4.69) is 11.9 Å². The SMILES string of the molecule is CN(C(N)=NCC1C2CC3CC(C2)CC1C3)C1CC1. The molecule has 5 fully saturated rings. The summed E-state index contributed by atoms with van der Waals surface area (Å²) in [5.74, 6) is 5.71. The highest BCUT2D eigenvalue weighted by Crippen LogP contribution is 2.56. The van der Waals surface area contributed by atoms with Crippen LogP contribution in [-0.4, -0.2) is 30.5 Å². The number of guanidine groups is 1. The lowest BCUT2D eigenvalue weighted by Crippen LogP contribution is -2.46. The number of rotatable bonds is 3. The van der Waals surface area contributed by atoms with Crippen LogP contribution in [0.5, 0.6) is 0 Å². The van der Waals surface area contributed by atoms with E-state index in [1.54, 1.807) is 0 Å². The van der Waals surface area contributed by atoms with Gasteiger partial charge in [0.05, 0.1) is 0 Å². The minimum atomic E-state index is 0.683. The largest absolute Gasteiger partial charge is 0.370 e. The van der Waals surface area contributed by atoms with Crippen LogP contribution in [0.15, 0.2) is 4.99 Å². The van der Waals surface area contributed by atoms with Gasteiger partial charge in [-0.05, 0) is 74.5 Å². The van der Waals surface area contributed by atoms with Gasteiger partial charge in [-0.25, -0.2) is 0 Å². The van der Waals surface area contributed by atoms with E-state index < -0.39 is 0 Å². The van der Waals surface area contributed by atoms with Gasteiger partial charge in [0, 0.05) is 19.6 Å². The molecule has 19 heavy (non-hydrogen) atoms. The topological polar surface area (TPSA) is 41.6 Å². The zero-order chi connectivity index (χ0) is 13.0. The van der Waals surface area contributed by atoms with Crippen LogP contribution in [-0.2, 0) is 0 Å². The standard InChI is InChI=1S/C16H27N3/c1-19(14-2-3-14)16(17)18-9-15-12-5-10-4-11(7-12)8-13(15)6-10/h10-15H,2-9H2,1H3,(H2,17,18). The maximum atomic E-state index is 6.14. The first-order valence-electron chi connectivity index (χ1n) is 8.23. The third kappa shape index (κ3) is 2.15. The summed E-state index contributed by atoms with van der Waals surface area (Å²) in [6.45, 7) is 0.998. The van der Waals surface area contributed by atoms with Gasteiger partial charge in [-0.1, -0.05) is 0 Å². The Bertz CT molecular complexity index is 357. The van der Waals surface area contributed by atoms with Crippen molar-refractivity contribution >= 4 is 5.96 Å². The Hall–Kier alpha value is -0.730. The van der Waals surface area contributed by atoms with Gasteiger partial charge in [0.1, 0.15) is 0 Å². The van der Waals surface area contributed by atoms with E-state index in [9.17, 15) is 0 Å². The molecule has 5 aliphatic carbocycles. The van der Waals surface area contributed by atoms with Crippen molar-refractivity contribution in [3.8, 4) is 0 Å². The van der Waals surface area contributed by atoms with Crippen molar-refractivity contribution in [2.75, 3.05) is 13.6 Å². The van der Waals surface area contributed by atoms with Gasteiger partial charge in [-0.3, -0.25) is 4.99 Å². The van der Waals surface area contributed by atoms with Crippen molar-refractivity contribution in [3.63, 3.8) is 0 Å². The van der Waals surface area contributed by atoms with Crippen LogP contribution in [0, 0.1) is 29.6 Å². The molecule has 5 saturated carbocycles. The maximum Gasteiger partial charge on any atom is 0.191 e. The Morgan fingerprint density at radius 2 is 1.63 bits per heavy atom. The first kappa shape index (κ1) is 12.0. The van der Waals surface area contributed by atoms with E-state index >= 15 is 0 Å². The monoisotopic (exact) mass is 261 g/mol. The molecule has 4 bridgehead atoms. The zero-order valence-electron chi connectivity index (χ0n) is 12.1. The molecule has 0 aromatic heterocycles. The lowest BCUT2D eigenvalue weighted by Gasteiger charge is -2.54. The summed E-state index contributed by atoms with van der Waals surface area (Å²) >= 11 is 0. The number of nitrogens with two attached hydrogens (primary N) is 1. The van der Waals surface area contributed by atoms with E-state index in [-0.39, 0.29) is 0 Å². The summed E-state index contributed by atoms with van der Waals surface area (Å²) in [5, 5.41) is 0. The molecule has 0 aromatic rings. The predicted octanol–water partition coefficient (Wildman–Crippen LogP) is 2.47. The molecule has 0 aromatic carbocycles. The summed E-state index contributed by atoms with van der Waals surface area (Å²) < 4.78 is 0. The van der Waals surface area contributed by atoms with Crippen molar-refractivity contribution in [1.82, 2.24) is 4.90 Å². The van der Waals surface area contributed by atoms with Crippen LogP contribution >= 0.6 is 0 Å². The van der Waals surface area contributed by atoms with Crippen molar-refractivity contribution in [2.24, 2.45) is 40.3 Å². The second-order valence-electron chi connectivity index (χ2n) is 7.64. The van der Waals surface area contributed by atoms with Crippen LogP contribution in [0.2, 0.25) is 0 Å². The fourth-order valence-electron chi connectivity index (χ4n) is 5.30. The molecule has 0 spiro atoms. The van der Waals surface area contributed by atoms with Crippen molar-refractivity contribution in [3.05, 3.63) is 0 Å². The summed E-state index contributed by atoms with van der Waals surface area (Å²) in [4.78, 5) is 6.94. The van der Waals surface area contributed by atoms with Gasteiger partial charge < -0.3 is 10.6 Å². The number of hydrogen-bond donors (Lipinski definition) is 1. The average Bonchev–Trinajstić information content (AvgIpc) is 3.20. The second-order valence-corrected chi connectivity index (χ2v) is 7.64. The Labute approximate surface area is 116 Å². The van der Waals surface area contributed by atoms with E-state index in [0.29, 0.717) is 6.04 Å². The molecule has 3 heteroatoms. The van der Waals surface area contributed by atoms with Crippen molar-refractivity contribution in [1.29, 1.82) is 0 Å². The van der Waals surface area contributed by atoms with Crippen molar-refractivity contribution in [2.45, 2.75) is 51.0 Å². The molecular formula is C16H27N3. The van der Waals surface area contributed by atoms with Gasteiger partial charge in [-0.15, -0.1) is 0 Å². The van der Waals surface area contributed by atoms with Gasteiger partial charge >= 0.3 is 0 Å². The lowest BCUT2D eigenvalue weighted by molar-refractivity contribution is -0.0320. The first-order chi connectivity index (χ1) is 9.20. The summed E-state index contributed by atoms with van der Waals surface area (Å²) in [7, 11) is 2.10. The average molecular weight is 261 g/mol. The smallest absolute Gasteiger partial charge is 0.191 e. The van der Waals surface area contributed by atoms with E-state index in [4.69, 9.17) is 10.7 Å². The molecule has 106 valence electrons. The van der Waals surface area contributed by atoms with Gasteiger partial charge in [0.25, 0.3) is 0 Å². The van der Waals surface area contributed by atoms with Crippen LogP contribution < -0.4 is 5.73 Å². The Kier molecular flexibility index (Phi) is 2.78. The number of aliphatic imine (C=N–C) groups is 1. The van der Waals surface area contributed by atoms with E-state index in [1.807, 2.05) is 0 Å². The Morgan fingerprint density at radius 1 is 1.05 bits per heavy atom. The fourth-order valence-corrected chi connectivity index (χ4v) is 5.30. The fraction of sp³-hybridized carbons (Fsp3) is 0.938. The number of hydrogen-bond acceptors (Lipinski definition) is 1. The van der Waals surface area contributed by atoms with Crippen LogP contribution in [0.1, 0.15) is 44.9 Å². The molecule has 3 nitrogen and oxygen atoms in total. The highest BCUT2D eigenvalue weighted by molar-refractivity contribution is 5.78. The molecule has 0 aliphatic heterocycles. The molecular weight excluding hydrogens is 234 g/mol. The van der Waals surface area contributed by atoms with Crippen LogP contribution in [0.3, 0.4) is 0 Å². The molecule has 2 N–H and O–H groups in total. The highest BCUT2D eigenvalue weighted by atomic mass is 15.3. The third-order valence-corrected chi connectivity index (χ3v) is 6.34. The Morgan fingerprint density at radius 3 is 2.16 bits per heavy atom. The maximum absolute atomic E-state index is 6.14. The van der Waals surface area contributed by atoms with Gasteiger partial charge in [0.15, 0.2) is 5.96 Å². The summed E-state index contributed by atoms with van der Waals surface area (Å²) in [6.07, 6.45) is 10.1. The summed E-state index contributed by atoms with van der Waals surface area (Å²) in [5.41, 5.74) is 6.14. The van der Waals surface area contributed by atoms with E-state index in [1.165, 1.54) is 44.9 Å². The molecule has 0 amide bonds. The summed E-state index contributed by atoms with van der Waals surface area (Å²) in [6, 6.07) is 0.683. The molecule has 0 atom stereocenters. The molecule has 0 radical (unpaired) electrons. The minimum absolute atomic E-state index is 0.683. The second kappa shape index (κ2) is 4.39.